The largest absolute Gasteiger partial charge is 0.477 e. The molecule has 0 spiro atoms. The number of carboxylic acid groups (broad SMARTS) is 1. The van der Waals surface area contributed by atoms with Gasteiger partial charge in [0, 0.05) is 5.39 Å². The molecule has 1 N–H and O–H groups in total. The summed E-state index contributed by atoms with van der Waals surface area (Å²) in [5.41, 5.74) is 1.03. The first-order valence-corrected chi connectivity index (χ1v) is 4.76. The zero-order valence-electron chi connectivity index (χ0n) is 7.99. The van der Waals surface area contributed by atoms with Crippen molar-refractivity contribution in [2.75, 3.05) is 0 Å². The Kier molecular flexibility index (Phi) is 2.32. The Morgan fingerprint density at radius 3 is 2.80 bits per heavy atom. The molecule has 1 heterocycles. The molecule has 2 rings (SSSR count). The molecular formula is C11H8ClNO2. The Hall–Kier alpha value is -1.61. The quantitative estimate of drug-likeness (QED) is 0.754. The van der Waals surface area contributed by atoms with E-state index in [4.69, 9.17) is 16.7 Å². The zero-order chi connectivity index (χ0) is 11.0. The fourth-order valence-electron chi connectivity index (χ4n) is 1.43. The summed E-state index contributed by atoms with van der Waals surface area (Å²) < 4.78 is 0. The number of carboxylic acids is 1. The molecule has 0 saturated heterocycles. The van der Waals surface area contributed by atoms with Crippen LogP contribution < -0.4 is 0 Å². The molecule has 0 atom stereocenters. The molecule has 15 heavy (non-hydrogen) atoms. The number of pyridine rings is 1. The molecule has 0 fully saturated rings. The average molecular weight is 222 g/mol. The van der Waals surface area contributed by atoms with Crippen molar-refractivity contribution in [3.63, 3.8) is 0 Å². The van der Waals surface area contributed by atoms with Crippen molar-refractivity contribution in [3.05, 3.63) is 40.7 Å². The standard InChI is InChI=1S/C11H8ClNO2/c1-6-2-3-7-5-9(11(14)15)13-10(12)8(7)4-6/h2-5H,1H3,(H,14,15). The Morgan fingerprint density at radius 1 is 1.40 bits per heavy atom. The number of halogens is 1. The van der Waals surface area contributed by atoms with Crippen molar-refractivity contribution in [1.29, 1.82) is 0 Å². The molecule has 0 radical (unpaired) electrons. The molecule has 76 valence electrons. The number of fused-ring (bicyclic) bond motifs is 1. The number of hydrogen-bond acceptors (Lipinski definition) is 2. The summed E-state index contributed by atoms with van der Waals surface area (Å²) in [5.74, 6) is -1.07. The normalized spacial score (nSPS) is 10.5. The summed E-state index contributed by atoms with van der Waals surface area (Å²) in [7, 11) is 0. The van der Waals surface area contributed by atoms with Crippen LogP contribution in [-0.4, -0.2) is 16.1 Å². The van der Waals surface area contributed by atoms with Gasteiger partial charge in [-0.2, -0.15) is 0 Å². The number of aromatic carboxylic acids is 1. The number of nitrogens with zero attached hydrogens (tertiary/aromatic N) is 1. The van der Waals surface area contributed by atoms with Crippen LogP contribution in [0.2, 0.25) is 5.15 Å². The summed E-state index contributed by atoms with van der Waals surface area (Å²) >= 11 is 5.90. The third-order valence-corrected chi connectivity index (χ3v) is 2.45. The minimum Gasteiger partial charge on any atom is -0.477 e. The first-order valence-electron chi connectivity index (χ1n) is 4.38. The van der Waals surface area contributed by atoms with E-state index >= 15 is 0 Å². The van der Waals surface area contributed by atoms with Gasteiger partial charge in [-0.3, -0.25) is 0 Å². The maximum atomic E-state index is 10.7. The summed E-state index contributed by atoms with van der Waals surface area (Å²) in [5, 5.41) is 10.6. The molecule has 0 aliphatic rings. The van der Waals surface area contributed by atoms with Gasteiger partial charge in [-0.05, 0) is 24.4 Å². The predicted molar refractivity (Wildman–Crippen MR) is 58.4 cm³/mol. The molecule has 0 unspecified atom stereocenters. The maximum Gasteiger partial charge on any atom is 0.354 e. The van der Waals surface area contributed by atoms with E-state index in [-0.39, 0.29) is 10.8 Å². The lowest BCUT2D eigenvalue weighted by Crippen LogP contribution is -2.00. The van der Waals surface area contributed by atoms with Gasteiger partial charge in [0.2, 0.25) is 0 Å². The van der Waals surface area contributed by atoms with Crippen LogP contribution in [0.4, 0.5) is 0 Å². The number of carbonyl (C=O) groups is 1. The highest BCUT2D eigenvalue weighted by Gasteiger charge is 2.09. The second-order valence-electron chi connectivity index (χ2n) is 3.33. The fraction of sp³-hybridized carbons (Fsp3) is 0.0909. The van der Waals surface area contributed by atoms with Crippen LogP contribution in [0, 0.1) is 6.92 Å². The average Bonchev–Trinajstić information content (AvgIpc) is 2.18. The van der Waals surface area contributed by atoms with E-state index in [1.54, 1.807) is 0 Å². The number of aryl methyl sites for hydroxylation is 1. The molecule has 0 amide bonds. The van der Waals surface area contributed by atoms with Gasteiger partial charge in [0.15, 0.2) is 5.69 Å². The van der Waals surface area contributed by atoms with Gasteiger partial charge in [-0.1, -0.05) is 29.3 Å². The number of benzene rings is 1. The second kappa shape index (κ2) is 3.51. The van der Waals surface area contributed by atoms with E-state index in [9.17, 15) is 4.79 Å². The minimum atomic E-state index is -1.07. The van der Waals surface area contributed by atoms with Gasteiger partial charge in [0.25, 0.3) is 0 Å². The topological polar surface area (TPSA) is 50.2 Å². The molecule has 4 heteroatoms. The van der Waals surface area contributed by atoms with Crippen LogP contribution in [0.25, 0.3) is 10.8 Å². The molecule has 0 aliphatic carbocycles. The van der Waals surface area contributed by atoms with Gasteiger partial charge in [-0.25, -0.2) is 9.78 Å². The van der Waals surface area contributed by atoms with Crippen LogP contribution >= 0.6 is 11.6 Å². The summed E-state index contributed by atoms with van der Waals surface area (Å²) in [6.07, 6.45) is 0. The van der Waals surface area contributed by atoms with E-state index in [1.165, 1.54) is 6.07 Å². The van der Waals surface area contributed by atoms with Crippen molar-refractivity contribution >= 4 is 28.3 Å². The fourth-order valence-corrected chi connectivity index (χ4v) is 1.68. The van der Waals surface area contributed by atoms with Crippen molar-refractivity contribution in [2.24, 2.45) is 0 Å². The predicted octanol–water partition coefficient (Wildman–Crippen LogP) is 2.89. The van der Waals surface area contributed by atoms with Crippen LogP contribution in [0.15, 0.2) is 24.3 Å². The summed E-state index contributed by atoms with van der Waals surface area (Å²) in [6.45, 7) is 1.95. The Labute approximate surface area is 91.3 Å². The van der Waals surface area contributed by atoms with Crippen LogP contribution in [0.5, 0.6) is 0 Å². The van der Waals surface area contributed by atoms with Crippen LogP contribution in [0.3, 0.4) is 0 Å². The van der Waals surface area contributed by atoms with E-state index in [1.807, 2.05) is 25.1 Å². The van der Waals surface area contributed by atoms with Crippen molar-refractivity contribution in [1.82, 2.24) is 4.98 Å². The molecule has 3 nitrogen and oxygen atoms in total. The lowest BCUT2D eigenvalue weighted by molar-refractivity contribution is 0.0691. The monoisotopic (exact) mass is 221 g/mol. The highest BCUT2D eigenvalue weighted by molar-refractivity contribution is 6.34. The van der Waals surface area contributed by atoms with Gasteiger partial charge in [-0.15, -0.1) is 0 Å². The molecular weight excluding hydrogens is 214 g/mol. The van der Waals surface area contributed by atoms with E-state index < -0.39 is 5.97 Å². The number of rotatable bonds is 1. The zero-order valence-corrected chi connectivity index (χ0v) is 8.75. The number of hydrogen-bond donors (Lipinski definition) is 1. The highest BCUT2D eigenvalue weighted by atomic mass is 35.5. The molecule has 1 aromatic heterocycles. The SMILES string of the molecule is Cc1ccc2cc(C(=O)O)nc(Cl)c2c1. The lowest BCUT2D eigenvalue weighted by Gasteiger charge is -2.03. The third-order valence-electron chi connectivity index (χ3n) is 2.16. The highest BCUT2D eigenvalue weighted by Crippen LogP contribution is 2.23. The molecule has 0 saturated carbocycles. The van der Waals surface area contributed by atoms with E-state index in [0.29, 0.717) is 0 Å². The first kappa shape index (κ1) is 9.93. The van der Waals surface area contributed by atoms with Crippen LogP contribution in [0.1, 0.15) is 16.1 Å². The van der Waals surface area contributed by atoms with Crippen molar-refractivity contribution in [3.8, 4) is 0 Å². The van der Waals surface area contributed by atoms with Gasteiger partial charge < -0.3 is 5.11 Å². The summed E-state index contributed by atoms with van der Waals surface area (Å²) in [6, 6.07) is 7.15. The first-order chi connectivity index (χ1) is 7.08. The Balaban J connectivity index is 2.78. The molecule has 0 bridgehead atoms. The lowest BCUT2D eigenvalue weighted by atomic mass is 10.1. The summed E-state index contributed by atoms with van der Waals surface area (Å²) in [4.78, 5) is 14.6. The van der Waals surface area contributed by atoms with Crippen LogP contribution in [-0.2, 0) is 0 Å². The van der Waals surface area contributed by atoms with E-state index in [0.717, 1.165) is 16.3 Å². The van der Waals surface area contributed by atoms with Gasteiger partial charge >= 0.3 is 5.97 Å². The third kappa shape index (κ3) is 1.78. The molecule has 1 aromatic carbocycles. The van der Waals surface area contributed by atoms with Gasteiger partial charge in [0.1, 0.15) is 5.15 Å². The van der Waals surface area contributed by atoms with E-state index in [2.05, 4.69) is 4.98 Å². The Morgan fingerprint density at radius 2 is 2.13 bits per heavy atom. The van der Waals surface area contributed by atoms with Crippen molar-refractivity contribution < 1.29 is 9.90 Å². The number of aromatic nitrogens is 1. The minimum absolute atomic E-state index is 0.0312. The van der Waals surface area contributed by atoms with Gasteiger partial charge in [0.05, 0.1) is 0 Å². The molecule has 0 aliphatic heterocycles. The molecule has 2 aromatic rings. The smallest absolute Gasteiger partial charge is 0.354 e. The van der Waals surface area contributed by atoms with Crippen molar-refractivity contribution in [2.45, 2.75) is 6.92 Å². The maximum absolute atomic E-state index is 10.7. The Bertz CT molecular complexity index is 552. The second-order valence-corrected chi connectivity index (χ2v) is 3.69.